The fourth-order valence-corrected chi connectivity index (χ4v) is 2.76. The zero-order valence-electron chi connectivity index (χ0n) is 12.1. The van der Waals surface area contributed by atoms with E-state index in [2.05, 4.69) is 17.4 Å². The average Bonchev–Trinajstić information content (AvgIpc) is 2.91. The van der Waals surface area contributed by atoms with Crippen molar-refractivity contribution in [1.82, 2.24) is 5.32 Å². The Morgan fingerprint density at radius 3 is 2.75 bits per heavy atom. The largest absolute Gasteiger partial charge is 0.496 e. The molecule has 0 heterocycles. The maximum Gasteiger partial charge on any atom is 0.173 e. The summed E-state index contributed by atoms with van der Waals surface area (Å²) in [7, 11) is 1.58. The van der Waals surface area contributed by atoms with E-state index in [1.165, 1.54) is 25.7 Å². The van der Waals surface area contributed by atoms with E-state index in [1.807, 2.05) is 18.2 Å². The molecule has 5 heteroatoms. The summed E-state index contributed by atoms with van der Waals surface area (Å²) in [4.78, 5) is 0. The summed E-state index contributed by atoms with van der Waals surface area (Å²) in [6.07, 6.45) is 5.06. The lowest BCUT2D eigenvalue weighted by Gasteiger charge is -2.25. The molecule has 1 saturated carbocycles. The van der Waals surface area contributed by atoms with Crippen LogP contribution in [-0.4, -0.2) is 23.7 Å². The van der Waals surface area contributed by atoms with E-state index in [0.717, 1.165) is 12.1 Å². The lowest BCUT2D eigenvalue weighted by atomic mass is 10.00. The van der Waals surface area contributed by atoms with Gasteiger partial charge in [0, 0.05) is 12.1 Å². The molecule has 0 amide bonds. The third-order valence-electron chi connectivity index (χ3n) is 4.08. The van der Waals surface area contributed by atoms with Gasteiger partial charge in [-0.3, -0.25) is 0 Å². The Bertz CT molecular complexity index is 494. The number of nitrogens with one attached hydrogen (secondary N) is 1. The predicted octanol–water partition coefficient (Wildman–Crippen LogP) is 2.21. The zero-order valence-corrected chi connectivity index (χ0v) is 12.1. The lowest BCUT2D eigenvalue weighted by Crippen LogP contribution is -2.38. The van der Waals surface area contributed by atoms with Gasteiger partial charge in [0.15, 0.2) is 5.84 Å². The number of oxime groups is 1. The highest BCUT2D eigenvalue weighted by atomic mass is 16.5. The Hall–Kier alpha value is -1.75. The monoisotopic (exact) mass is 277 g/mol. The number of amidine groups is 1. The third kappa shape index (κ3) is 3.22. The van der Waals surface area contributed by atoms with Gasteiger partial charge in [0.05, 0.1) is 12.7 Å². The minimum absolute atomic E-state index is 0.0594. The molecule has 0 saturated heterocycles. The van der Waals surface area contributed by atoms with Gasteiger partial charge in [0.1, 0.15) is 5.75 Å². The molecular formula is C15H23N3O2. The Labute approximate surface area is 119 Å². The van der Waals surface area contributed by atoms with Crippen LogP contribution in [0.1, 0.15) is 43.7 Å². The van der Waals surface area contributed by atoms with Crippen LogP contribution in [0.5, 0.6) is 5.75 Å². The van der Waals surface area contributed by atoms with Crippen molar-refractivity contribution in [2.24, 2.45) is 10.9 Å². The molecule has 1 aromatic rings. The fraction of sp³-hybridized carbons (Fsp3) is 0.533. The maximum atomic E-state index is 8.75. The molecule has 1 aromatic carbocycles. The van der Waals surface area contributed by atoms with Crippen LogP contribution in [-0.2, 0) is 6.54 Å². The smallest absolute Gasteiger partial charge is 0.173 e. The first-order valence-corrected chi connectivity index (χ1v) is 6.98. The second kappa shape index (κ2) is 6.13. The standard InChI is InChI=1S/C15H23N3O2/c1-15(7-3-4-8-15)17-10-11-5-6-12(14(16)18-19)13(9-11)20-2/h5-6,9,17,19H,3-4,7-8,10H2,1-2H3,(H2,16,18). The Kier molecular flexibility index (Phi) is 4.49. The molecule has 20 heavy (non-hydrogen) atoms. The Morgan fingerprint density at radius 2 is 2.15 bits per heavy atom. The second-order valence-electron chi connectivity index (χ2n) is 5.64. The van der Waals surface area contributed by atoms with Crippen LogP contribution in [0.25, 0.3) is 0 Å². The minimum atomic E-state index is 0.0594. The van der Waals surface area contributed by atoms with Crippen molar-refractivity contribution in [2.75, 3.05) is 7.11 Å². The molecule has 110 valence electrons. The van der Waals surface area contributed by atoms with Crippen molar-refractivity contribution in [3.63, 3.8) is 0 Å². The molecule has 2 rings (SSSR count). The normalized spacial score (nSPS) is 18.2. The van der Waals surface area contributed by atoms with Crippen LogP contribution >= 0.6 is 0 Å². The van der Waals surface area contributed by atoms with Crippen LogP contribution in [0.2, 0.25) is 0 Å². The quantitative estimate of drug-likeness (QED) is 0.334. The predicted molar refractivity (Wildman–Crippen MR) is 79.2 cm³/mol. The minimum Gasteiger partial charge on any atom is -0.496 e. The number of rotatable bonds is 5. The highest BCUT2D eigenvalue weighted by Crippen LogP contribution is 2.29. The van der Waals surface area contributed by atoms with Crippen molar-refractivity contribution in [3.05, 3.63) is 29.3 Å². The Balaban J connectivity index is 2.09. The van der Waals surface area contributed by atoms with Crippen LogP contribution in [0, 0.1) is 0 Å². The summed E-state index contributed by atoms with van der Waals surface area (Å²) in [5, 5.41) is 15.4. The first-order chi connectivity index (χ1) is 9.58. The van der Waals surface area contributed by atoms with Crippen LogP contribution in [0.15, 0.2) is 23.4 Å². The number of nitrogens with two attached hydrogens (primary N) is 1. The van der Waals surface area contributed by atoms with E-state index in [9.17, 15) is 0 Å². The van der Waals surface area contributed by atoms with Gasteiger partial charge < -0.3 is 21.0 Å². The average molecular weight is 277 g/mol. The molecule has 0 bridgehead atoms. The Morgan fingerprint density at radius 1 is 1.45 bits per heavy atom. The van der Waals surface area contributed by atoms with Crippen molar-refractivity contribution >= 4 is 5.84 Å². The summed E-state index contributed by atoms with van der Waals surface area (Å²) in [6.45, 7) is 3.07. The molecular weight excluding hydrogens is 254 g/mol. The summed E-state index contributed by atoms with van der Waals surface area (Å²) < 4.78 is 5.31. The van der Waals surface area contributed by atoms with Gasteiger partial charge in [-0.2, -0.15) is 0 Å². The lowest BCUT2D eigenvalue weighted by molar-refractivity contribution is 0.318. The molecule has 5 nitrogen and oxygen atoms in total. The van der Waals surface area contributed by atoms with Crippen molar-refractivity contribution in [1.29, 1.82) is 0 Å². The molecule has 0 unspecified atom stereocenters. The third-order valence-corrected chi connectivity index (χ3v) is 4.08. The van der Waals surface area contributed by atoms with E-state index in [-0.39, 0.29) is 11.4 Å². The first-order valence-electron chi connectivity index (χ1n) is 6.98. The van der Waals surface area contributed by atoms with Gasteiger partial charge >= 0.3 is 0 Å². The number of benzene rings is 1. The summed E-state index contributed by atoms with van der Waals surface area (Å²) in [5.74, 6) is 0.681. The highest BCUT2D eigenvalue weighted by Gasteiger charge is 2.27. The number of methoxy groups -OCH3 is 1. The molecule has 0 spiro atoms. The SMILES string of the molecule is COc1cc(CNC2(C)CCCC2)ccc1/C(N)=N/O. The van der Waals surface area contributed by atoms with E-state index >= 15 is 0 Å². The summed E-state index contributed by atoms with van der Waals surface area (Å²) >= 11 is 0. The van der Waals surface area contributed by atoms with E-state index < -0.39 is 0 Å². The van der Waals surface area contributed by atoms with Gasteiger partial charge in [-0.15, -0.1) is 0 Å². The van der Waals surface area contributed by atoms with Gasteiger partial charge in [0.2, 0.25) is 0 Å². The van der Waals surface area contributed by atoms with Gasteiger partial charge in [0.25, 0.3) is 0 Å². The molecule has 0 aromatic heterocycles. The van der Waals surface area contributed by atoms with Gasteiger partial charge in [-0.1, -0.05) is 24.1 Å². The fourth-order valence-electron chi connectivity index (χ4n) is 2.76. The van der Waals surface area contributed by atoms with Gasteiger partial charge in [-0.05, 0) is 37.5 Å². The second-order valence-corrected chi connectivity index (χ2v) is 5.64. The van der Waals surface area contributed by atoms with Crippen molar-refractivity contribution in [2.45, 2.75) is 44.7 Å². The summed E-state index contributed by atoms with van der Waals surface area (Å²) in [5.41, 5.74) is 7.60. The van der Waals surface area contributed by atoms with Gasteiger partial charge in [-0.25, -0.2) is 0 Å². The molecule has 0 aliphatic heterocycles. The maximum absolute atomic E-state index is 8.75. The van der Waals surface area contributed by atoms with E-state index in [0.29, 0.717) is 11.3 Å². The van der Waals surface area contributed by atoms with E-state index in [4.69, 9.17) is 15.7 Å². The number of hydrogen-bond acceptors (Lipinski definition) is 4. The van der Waals surface area contributed by atoms with Crippen LogP contribution < -0.4 is 15.8 Å². The van der Waals surface area contributed by atoms with Crippen molar-refractivity contribution < 1.29 is 9.94 Å². The molecule has 0 atom stereocenters. The van der Waals surface area contributed by atoms with Crippen LogP contribution in [0.4, 0.5) is 0 Å². The molecule has 0 radical (unpaired) electrons. The number of ether oxygens (including phenoxy) is 1. The molecule has 4 N–H and O–H groups in total. The topological polar surface area (TPSA) is 79.9 Å². The van der Waals surface area contributed by atoms with Crippen molar-refractivity contribution in [3.8, 4) is 5.75 Å². The molecule has 1 fully saturated rings. The number of nitrogens with zero attached hydrogens (tertiary/aromatic N) is 1. The molecule has 1 aliphatic rings. The molecule has 1 aliphatic carbocycles. The van der Waals surface area contributed by atoms with Crippen LogP contribution in [0.3, 0.4) is 0 Å². The first kappa shape index (κ1) is 14.7. The number of hydrogen-bond donors (Lipinski definition) is 3. The highest BCUT2D eigenvalue weighted by molar-refractivity contribution is 5.99. The zero-order chi connectivity index (χ0) is 14.6. The van der Waals surface area contributed by atoms with E-state index in [1.54, 1.807) is 7.11 Å². The summed E-state index contributed by atoms with van der Waals surface area (Å²) in [6, 6.07) is 5.72.